The van der Waals surface area contributed by atoms with Gasteiger partial charge >= 0.3 is 5.97 Å². The number of carbonyl (C=O) groups excluding carboxylic acids is 1. The van der Waals surface area contributed by atoms with Crippen molar-refractivity contribution in [1.29, 1.82) is 0 Å². The molecule has 0 aliphatic heterocycles. The summed E-state index contributed by atoms with van der Waals surface area (Å²) < 4.78 is 13.1. The van der Waals surface area contributed by atoms with Gasteiger partial charge in [-0.25, -0.2) is 0 Å². The van der Waals surface area contributed by atoms with Gasteiger partial charge in [-0.3, -0.25) is 4.79 Å². The molecule has 280 valence electrons. The van der Waals surface area contributed by atoms with Crippen LogP contribution in [0.15, 0.2) is 72.3 Å². The third-order valence-corrected chi connectivity index (χ3v) is 20.0. The zero-order chi connectivity index (χ0) is 36.6. The topological polar surface area (TPSA) is 55.8 Å². The van der Waals surface area contributed by atoms with E-state index in [2.05, 4.69) is 115 Å². The van der Waals surface area contributed by atoms with Crippen LogP contribution < -0.4 is 10.4 Å². The molecule has 3 fully saturated rings. The predicted molar refractivity (Wildman–Crippen MR) is 213 cm³/mol. The van der Waals surface area contributed by atoms with Gasteiger partial charge in [0.1, 0.15) is 0 Å². The highest BCUT2D eigenvalue weighted by molar-refractivity contribution is 6.99. The van der Waals surface area contributed by atoms with Crippen LogP contribution in [0.3, 0.4) is 0 Å². The third kappa shape index (κ3) is 6.98. The van der Waals surface area contributed by atoms with Gasteiger partial charge in [0.25, 0.3) is 8.32 Å². The highest BCUT2D eigenvalue weighted by atomic mass is 28.4. The van der Waals surface area contributed by atoms with Crippen LogP contribution in [-0.2, 0) is 14.0 Å². The number of esters is 1. The summed E-state index contributed by atoms with van der Waals surface area (Å²) >= 11 is 0. The van der Waals surface area contributed by atoms with E-state index < -0.39 is 14.4 Å². The zero-order valence-corrected chi connectivity index (χ0v) is 34.1. The number of allylic oxidation sites excluding steroid dienone is 1. The van der Waals surface area contributed by atoms with Crippen molar-refractivity contribution < 1.29 is 19.1 Å². The van der Waals surface area contributed by atoms with Gasteiger partial charge < -0.3 is 14.3 Å². The zero-order valence-electron chi connectivity index (χ0n) is 33.1. The molecule has 4 aliphatic carbocycles. The molecule has 0 spiro atoms. The molecule has 0 bridgehead atoms. The molecular weight excluding hydrogens is 645 g/mol. The molecule has 6 rings (SSSR count). The molecule has 4 aliphatic rings. The smallest absolute Gasteiger partial charge is 0.309 e. The number of aliphatic hydroxyl groups is 1. The summed E-state index contributed by atoms with van der Waals surface area (Å²) in [6.45, 7) is 19.0. The van der Waals surface area contributed by atoms with Gasteiger partial charge in [0.15, 0.2) is 0 Å². The Morgan fingerprint density at radius 3 is 2.16 bits per heavy atom. The Morgan fingerprint density at radius 1 is 0.922 bits per heavy atom. The summed E-state index contributed by atoms with van der Waals surface area (Å²) in [5, 5.41) is 14.3. The van der Waals surface area contributed by atoms with Crippen molar-refractivity contribution in [1.82, 2.24) is 0 Å². The maximum atomic E-state index is 12.7. The summed E-state index contributed by atoms with van der Waals surface area (Å²) in [4.78, 5) is 12.7. The lowest BCUT2D eigenvalue weighted by atomic mass is 9.47. The third-order valence-electron chi connectivity index (χ3n) is 14.9. The van der Waals surface area contributed by atoms with Gasteiger partial charge in [-0.1, -0.05) is 127 Å². The van der Waals surface area contributed by atoms with Crippen molar-refractivity contribution in [2.75, 3.05) is 6.61 Å². The van der Waals surface area contributed by atoms with Crippen LogP contribution in [0.25, 0.3) is 0 Å². The van der Waals surface area contributed by atoms with E-state index in [0.29, 0.717) is 30.8 Å². The van der Waals surface area contributed by atoms with Crippen LogP contribution in [0.4, 0.5) is 0 Å². The number of fused-ring (bicyclic) bond motifs is 5. The lowest BCUT2D eigenvalue weighted by molar-refractivity contribution is -0.150. The summed E-state index contributed by atoms with van der Waals surface area (Å²) in [6.07, 6.45) is 14.2. The van der Waals surface area contributed by atoms with Crippen LogP contribution in [-0.4, -0.2) is 38.2 Å². The van der Waals surface area contributed by atoms with Gasteiger partial charge in [-0.2, -0.15) is 0 Å². The Morgan fingerprint density at radius 2 is 1.57 bits per heavy atom. The molecule has 2 aromatic carbocycles. The Labute approximate surface area is 311 Å². The standard InChI is InChI=1S/C46H68O4Si/c1-9-17-33(43(48)49-10-2)30-42(47)32(3)39-24-25-40-38-23-22-34-31-35(26-28-45(34,7)41(38)27-29-46(39,40)8)50-51(44(4,5)6,36-18-13-11-14-19-36)37-20-15-12-16-21-37/h11-16,18-22,32-33,35,38-42,47H,9-10,17,23-31H2,1-8H3/t32-,33-,35-,38-,39+,40-,41-,42-,45-,46+/m0/s1. The number of aliphatic hydroxyl groups excluding tert-OH is 1. The molecular formula is C46H68O4Si. The molecule has 2 aromatic rings. The van der Waals surface area contributed by atoms with E-state index in [9.17, 15) is 9.90 Å². The number of benzene rings is 2. The van der Waals surface area contributed by atoms with E-state index in [0.717, 1.165) is 31.6 Å². The average Bonchev–Trinajstić information content (AvgIpc) is 3.47. The molecule has 3 saturated carbocycles. The molecule has 1 N–H and O–H groups in total. The van der Waals surface area contributed by atoms with Gasteiger partial charge in [-0.15, -0.1) is 0 Å². The van der Waals surface area contributed by atoms with Gasteiger partial charge in [0.05, 0.1) is 18.6 Å². The summed E-state index contributed by atoms with van der Waals surface area (Å²) in [7, 11) is -2.61. The van der Waals surface area contributed by atoms with Crippen molar-refractivity contribution >= 4 is 24.7 Å². The van der Waals surface area contributed by atoms with E-state index >= 15 is 0 Å². The second kappa shape index (κ2) is 15.3. The van der Waals surface area contributed by atoms with E-state index in [1.807, 2.05) is 6.92 Å². The summed E-state index contributed by atoms with van der Waals surface area (Å²) in [5.41, 5.74) is 2.16. The fraction of sp³-hybridized carbons (Fsp3) is 0.674. The fourth-order valence-electron chi connectivity index (χ4n) is 12.3. The lowest BCUT2D eigenvalue weighted by Gasteiger charge is -2.59. The fourth-order valence-corrected chi connectivity index (χ4v) is 17.0. The van der Waals surface area contributed by atoms with Crippen LogP contribution in [0.2, 0.25) is 5.04 Å². The van der Waals surface area contributed by atoms with Crippen LogP contribution in [0.5, 0.6) is 0 Å². The Balaban J connectivity index is 1.20. The Bertz CT molecular complexity index is 1460. The Kier molecular flexibility index (Phi) is 11.5. The molecule has 5 heteroatoms. The van der Waals surface area contributed by atoms with E-state index in [4.69, 9.17) is 9.16 Å². The van der Waals surface area contributed by atoms with Crippen LogP contribution in [0.1, 0.15) is 126 Å². The van der Waals surface area contributed by atoms with Gasteiger partial charge in [0.2, 0.25) is 0 Å². The first-order valence-electron chi connectivity index (χ1n) is 20.6. The normalized spacial score (nSPS) is 32.5. The first-order valence-corrected chi connectivity index (χ1v) is 22.5. The van der Waals surface area contributed by atoms with Gasteiger partial charge in [-0.05, 0) is 127 Å². The first kappa shape index (κ1) is 38.5. The maximum Gasteiger partial charge on any atom is 0.309 e. The molecule has 0 amide bonds. The number of ether oxygens (including phenoxy) is 1. The second-order valence-corrected chi connectivity index (χ2v) is 22.8. The van der Waals surface area contributed by atoms with E-state index in [1.54, 1.807) is 5.57 Å². The summed E-state index contributed by atoms with van der Waals surface area (Å²) in [6, 6.07) is 22.3. The van der Waals surface area contributed by atoms with Crippen molar-refractivity contribution in [3.8, 4) is 0 Å². The molecule has 0 aromatic heterocycles. The van der Waals surface area contributed by atoms with Crippen LogP contribution >= 0.6 is 0 Å². The highest BCUT2D eigenvalue weighted by Gasteiger charge is 2.60. The second-order valence-electron chi connectivity index (χ2n) is 18.5. The lowest BCUT2D eigenvalue weighted by Crippen LogP contribution is -2.68. The largest absolute Gasteiger partial charge is 0.466 e. The number of rotatable bonds is 12. The van der Waals surface area contributed by atoms with E-state index in [1.165, 1.54) is 48.9 Å². The minimum absolute atomic E-state index is 0.0181. The van der Waals surface area contributed by atoms with Crippen molar-refractivity contribution in [3.05, 3.63) is 72.3 Å². The summed E-state index contributed by atoms with van der Waals surface area (Å²) in [5.74, 6) is 2.49. The van der Waals surface area contributed by atoms with Crippen molar-refractivity contribution in [3.63, 3.8) is 0 Å². The molecule has 0 unspecified atom stereocenters. The highest BCUT2D eigenvalue weighted by Crippen LogP contribution is 2.67. The number of hydrogen-bond donors (Lipinski definition) is 1. The molecule has 10 atom stereocenters. The minimum atomic E-state index is -2.61. The van der Waals surface area contributed by atoms with Crippen molar-refractivity contribution in [2.45, 2.75) is 143 Å². The molecule has 4 nitrogen and oxygen atoms in total. The first-order chi connectivity index (χ1) is 24.3. The van der Waals surface area contributed by atoms with Crippen LogP contribution in [0, 0.1) is 46.3 Å². The van der Waals surface area contributed by atoms with E-state index in [-0.39, 0.29) is 39.8 Å². The average molecular weight is 713 g/mol. The number of carbonyl (C=O) groups is 1. The maximum absolute atomic E-state index is 12.7. The number of hydrogen-bond acceptors (Lipinski definition) is 4. The molecule has 51 heavy (non-hydrogen) atoms. The molecule has 0 saturated heterocycles. The molecule has 0 heterocycles. The quantitative estimate of drug-likeness (QED) is 0.135. The molecule has 0 radical (unpaired) electrons. The monoisotopic (exact) mass is 712 g/mol. The Hall–Kier alpha value is -2.21. The minimum Gasteiger partial charge on any atom is -0.466 e. The van der Waals surface area contributed by atoms with Gasteiger partial charge in [0, 0.05) is 6.10 Å². The van der Waals surface area contributed by atoms with Crippen molar-refractivity contribution in [2.24, 2.45) is 46.3 Å². The SMILES string of the molecule is CCC[C@@H](C[C@H](O)[C@@H](C)[C@H]1CC[C@H]2[C@@H]3CC=C4C[C@@H](O[Si](c5ccccc5)(c5ccccc5)C(C)(C)C)CC[C@]4(C)[C@H]3CC[C@]12C)C(=O)OCC. The predicted octanol–water partition coefficient (Wildman–Crippen LogP) is 9.88.